The van der Waals surface area contributed by atoms with Crippen molar-refractivity contribution in [3.8, 4) is 0 Å². The highest BCUT2D eigenvalue weighted by molar-refractivity contribution is 6.42. The Hall–Kier alpha value is -1.49. The van der Waals surface area contributed by atoms with Gasteiger partial charge < -0.3 is 16.6 Å². The zero-order valence-corrected chi connectivity index (χ0v) is 13.3. The second-order valence-corrected chi connectivity index (χ2v) is 6.01. The highest BCUT2D eigenvalue weighted by atomic mass is 35.5. The van der Waals surface area contributed by atoms with Crippen molar-refractivity contribution in [1.82, 2.24) is 4.98 Å². The van der Waals surface area contributed by atoms with Crippen molar-refractivity contribution >= 4 is 34.1 Å². The van der Waals surface area contributed by atoms with E-state index in [2.05, 4.69) is 4.98 Å². The minimum Gasteiger partial charge on any atom is -0.403 e. The number of aromatic nitrogens is 1. The fraction of sp³-hybridized carbons (Fsp3) is 0.267. The van der Waals surface area contributed by atoms with Gasteiger partial charge in [0.25, 0.3) is 0 Å². The van der Waals surface area contributed by atoms with Gasteiger partial charge in [0, 0.05) is 11.6 Å². The van der Waals surface area contributed by atoms with Crippen LogP contribution in [0.2, 0.25) is 10.0 Å². The van der Waals surface area contributed by atoms with Gasteiger partial charge in [0.05, 0.1) is 27.0 Å². The van der Waals surface area contributed by atoms with Crippen molar-refractivity contribution in [1.29, 1.82) is 0 Å². The van der Waals surface area contributed by atoms with Crippen LogP contribution in [0.1, 0.15) is 19.5 Å². The van der Waals surface area contributed by atoms with Crippen molar-refractivity contribution in [2.45, 2.75) is 19.4 Å². The van der Waals surface area contributed by atoms with Crippen LogP contribution < -0.4 is 11.5 Å². The van der Waals surface area contributed by atoms with E-state index in [0.29, 0.717) is 21.3 Å². The molecule has 5 N–H and O–H groups in total. The molecule has 0 radical (unpaired) electrons. The fourth-order valence-electron chi connectivity index (χ4n) is 2.23. The van der Waals surface area contributed by atoms with E-state index in [9.17, 15) is 5.11 Å². The summed E-state index contributed by atoms with van der Waals surface area (Å²) in [6, 6.07) is 6.92. The fourth-order valence-corrected chi connectivity index (χ4v) is 2.56. The maximum Gasteiger partial charge on any atom is 0.149 e. The SMILES string of the molecule is CC(C)C(O)(/C(N)=C/N)c1ccc2cc(Cl)c(Cl)cc2n1. The highest BCUT2D eigenvalue weighted by Crippen LogP contribution is 2.35. The van der Waals surface area contributed by atoms with Crippen LogP contribution >= 0.6 is 23.2 Å². The van der Waals surface area contributed by atoms with E-state index in [0.717, 1.165) is 5.39 Å². The topological polar surface area (TPSA) is 85.2 Å². The Labute approximate surface area is 133 Å². The lowest BCUT2D eigenvalue weighted by Gasteiger charge is -2.32. The van der Waals surface area contributed by atoms with Gasteiger partial charge in [0.2, 0.25) is 0 Å². The third-order valence-corrected chi connectivity index (χ3v) is 4.30. The Morgan fingerprint density at radius 3 is 2.48 bits per heavy atom. The number of aliphatic hydroxyl groups is 1. The van der Waals surface area contributed by atoms with Crippen LogP contribution in [0.4, 0.5) is 0 Å². The average Bonchev–Trinajstić information content (AvgIpc) is 2.46. The first-order valence-corrected chi connectivity index (χ1v) is 7.22. The summed E-state index contributed by atoms with van der Waals surface area (Å²) in [7, 11) is 0. The number of rotatable bonds is 3. The summed E-state index contributed by atoms with van der Waals surface area (Å²) in [5.41, 5.74) is 11.1. The van der Waals surface area contributed by atoms with Crippen molar-refractivity contribution in [2.75, 3.05) is 0 Å². The molecule has 0 bridgehead atoms. The molecule has 0 aliphatic rings. The molecule has 6 heteroatoms. The molecule has 0 saturated carbocycles. The summed E-state index contributed by atoms with van der Waals surface area (Å²) < 4.78 is 0. The molecule has 0 spiro atoms. The van der Waals surface area contributed by atoms with Gasteiger partial charge in [-0.05, 0) is 24.1 Å². The van der Waals surface area contributed by atoms with E-state index in [1.165, 1.54) is 6.20 Å². The zero-order valence-electron chi connectivity index (χ0n) is 11.8. The van der Waals surface area contributed by atoms with Crippen molar-refractivity contribution in [3.63, 3.8) is 0 Å². The predicted octanol–water partition coefficient (Wildman–Crippen LogP) is 3.14. The molecular formula is C15H17Cl2N3O. The van der Waals surface area contributed by atoms with Crippen LogP contribution in [0.15, 0.2) is 36.2 Å². The predicted molar refractivity (Wildman–Crippen MR) is 87.0 cm³/mol. The lowest BCUT2D eigenvalue weighted by Crippen LogP contribution is -2.39. The second-order valence-electron chi connectivity index (χ2n) is 5.20. The number of fused-ring (bicyclic) bond motifs is 1. The number of hydrogen-bond donors (Lipinski definition) is 3. The van der Waals surface area contributed by atoms with Gasteiger partial charge >= 0.3 is 0 Å². The smallest absolute Gasteiger partial charge is 0.149 e. The minimum atomic E-state index is -1.44. The molecule has 1 aromatic heterocycles. The van der Waals surface area contributed by atoms with Crippen molar-refractivity contribution < 1.29 is 5.11 Å². The first-order valence-electron chi connectivity index (χ1n) is 6.47. The number of hydrogen-bond acceptors (Lipinski definition) is 4. The first-order chi connectivity index (χ1) is 9.80. The van der Waals surface area contributed by atoms with Gasteiger partial charge in [-0.2, -0.15) is 0 Å². The van der Waals surface area contributed by atoms with Crippen LogP contribution in [0, 0.1) is 5.92 Å². The van der Waals surface area contributed by atoms with Crippen LogP contribution in [-0.4, -0.2) is 10.1 Å². The Kier molecular flexibility index (Phi) is 4.33. The maximum absolute atomic E-state index is 10.9. The summed E-state index contributed by atoms with van der Waals surface area (Å²) >= 11 is 12.0. The lowest BCUT2D eigenvalue weighted by molar-refractivity contribution is 0.0219. The molecule has 1 unspecified atom stereocenters. The van der Waals surface area contributed by atoms with Crippen LogP contribution in [0.5, 0.6) is 0 Å². The molecule has 1 aromatic carbocycles. The molecule has 0 aliphatic carbocycles. The highest BCUT2D eigenvalue weighted by Gasteiger charge is 2.37. The third kappa shape index (κ3) is 2.67. The van der Waals surface area contributed by atoms with E-state index in [4.69, 9.17) is 34.7 Å². The average molecular weight is 326 g/mol. The standard InChI is InChI=1S/C15H17Cl2N3O/c1-8(2)15(21,13(19)7-18)14-4-3-9-5-10(16)11(17)6-12(9)20-14/h3-8,21H,18-19H2,1-2H3/b13-7-. The third-order valence-electron chi connectivity index (χ3n) is 3.58. The molecule has 0 aliphatic heterocycles. The molecule has 0 saturated heterocycles. The Bertz CT molecular complexity index is 715. The summed E-state index contributed by atoms with van der Waals surface area (Å²) in [4.78, 5) is 4.47. The van der Waals surface area contributed by atoms with Crippen molar-refractivity contribution in [3.05, 3.63) is 51.9 Å². The summed E-state index contributed by atoms with van der Waals surface area (Å²) in [6.07, 6.45) is 1.20. The number of halogens is 2. The molecule has 0 amide bonds. The Balaban J connectivity index is 2.68. The van der Waals surface area contributed by atoms with Crippen molar-refractivity contribution in [2.24, 2.45) is 17.4 Å². The monoisotopic (exact) mass is 325 g/mol. The summed E-state index contributed by atoms with van der Waals surface area (Å²) in [6.45, 7) is 3.69. The largest absolute Gasteiger partial charge is 0.403 e. The molecular weight excluding hydrogens is 309 g/mol. The molecule has 112 valence electrons. The zero-order chi connectivity index (χ0) is 15.8. The molecule has 0 fully saturated rings. The molecule has 21 heavy (non-hydrogen) atoms. The van der Waals surface area contributed by atoms with E-state index in [1.54, 1.807) is 18.2 Å². The molecule has 1 heterocycles. The first kappa shape index (κ1) is 15.9. The minimum absolute atomic E-state index is 0.157. The molecule has 4 nitrogen and oxygen atoms in total. The van der Waals surface area contributed by atoms with Crippen LogP contribution in [0.3, 0.4) is 0 Å². The number of nitrogens with zero attached hydrogens (tertiary/aromatic N) is 1. The lowest BCUT2D eigenvalue weighted by atomic mass is 9.84. The van der Waals surface area contributed by atoms with E-state index in [1.807, 2.05) is 19.9 Å². The number of pyridine rings is 1. The van der Waals surface area contributed by atoms with Gasteiger partial charge in [0.1, 0.15) is 5.60 Å². The Morgan fingerprint density at radius 1 is 1.29 bits per heavy atom. The normalized spacial score (nSPS) is 15.4. The summed E-state index contributed by atoms with van der Waals surface area (Å²) in [5.74, 6) is -0.204. The van der Waals surface area contributed by atoms with Gasteiger partial charge in [-0.25, -0.2) is 4.98 Å². The molecule has 1 atom stereocenters. The van der Waals surface area contributed by atoms with Crippen LogP contribution in [0.25, 0.3) is 10.9 Å². The van der Waals surface area contributed by atoms with E-state index in [-0.39, 0.29) is 11.6 Å². The van der Waals surface area contributed by atoms with Gasteiger partial charge in [-0.3, -0.25) is 0 Å². The molecule has 2 rings (SSSR count). The van der Waals surface area contributed by atoms with Crippen LogP contribution in [-0.2, 0) is 5.60 Å². The van der Waals surface area contributed by atoms with E-state index >= 15 is 0 Å². The van der Waals surface area contributed by atoms with Gasteiger partial charge in [0.15, 0.2) is 0 Å². The van der Waals surface area contributed by atoms with Gasteiger partial charge in [-0.1, -0.05) is 43.1 Å². The summed E-state index contributed by atoms with van der Waals surface area (Å²) in [5, 5.41) is 12.6. The Morgan fingerprint density at radius 2 is 1.90 bits per heavy atom. The number of benzene rings is 1. The molecule has 2 aromatic rings. The van der Waals surface area contributed by atoms with Gasteiger partial charge in [-0.15, -0.1) is 0 Å². The van der Waals surface area contributed by atoms with E-state index < -0.39 is 5.60 Å². The second kappa shape index (κ2) is 5.72. The quantitative estimate of drug-likeness (QED) is 0.809. The maximum atomic E-state index is 10.9. The number of nitrogens with two attached hydrogens (primary N) is 2.